The Hall–Kier alpha value is -4.56. The molecule has 0 aliphatic carbocycles. The van der Waals surface area contributed by atoms with E-state index in [1.165, 1.54) is 27.0 Å². The SMILES string of the molecule is Cc1cn([C@H]2CC(N=[N+]=[N-])[C@@H](COP(=O)(N[C@@H](C)C(=O)OCc3ccccc3)N[C@@H](C)C(=O)OCc3ccccc3)O2)c(=O)[nH]c1=O. The molecule has 1 aliphatic rings. The predicted molar refractivity (Wildman–Crippen MR) is 169 cm³/mol. The number of nitrogens with zero attached hydrogens (tertiary/aromatic N) is 4. The lowest BCUT2D eigenvalue weighted by molar-refractivity contribution is -0.147. The number of H-pyrrole nitrogens is 1. The van der Waals surface area contributed by atoms with Crippen LogP contribution < -0.4 is 21.4 Å². The van der Waals surface area contributed by atoms with Crippen molar-refractivity contribution >= 4 is 19.6 Å². The summed E-state index contributed by atoms with van der Waals surface area (Å²) in [5.41, 5.74) is 9.62. The molecule has 0 radical (unpaired) electrons. The van der Waals surface area contributed by atoms with Gasteiger partial charge in [-0.25, -0.2) is 15.0 Å². The molecule has 3 aromatic rings. The molecule has 0 spiro atoms. The maximum atomic E-state index is 14.2. The van der Waals surface area contributed by atoms with Gasteiger partial charge in [0.15, 0.2) is 0 Å². The van der Waals surface area contributed by atoms with Gasteiger partial charge in [0.1, 0.15) is 31.5 Å². The van der Waals surface area contributed by atoms with Gasteiger partial charge in [-0.1, -0.05) is 65.8 Å². The molecule has 1 aromatic heterocycles. The number of hydrogen-bond donors (Lipinski definition) is 3. The monoisotopic (exact) mass is 669 g/mol. The fourth-order valence-corrected chi connectivity index (χ4v) is 6.45. The van der Waals surface area contributed by atoms with Crippen LogP contribution in [-0.2, 0) is 46.1 Å². The molecule has 1 aliphatic heterocycles. The van der Waals surface area contributed by atoms with E-state index in [0.717, 1.165) is 15.7 Å². The maximum absolute atomic E-state index is 14.2. The van der Waals surface area contributed by atoms with Gasteiger partial charge in [0.25, 0.3) is 5.56 Å². The van der Waals surface area contributed by atoms with Crippen molar-refractivity contribution < 1.29 is 32.9 Å². The first kappa shape index (κ1) is 35.3. The highest BCUT2D eigenvalue weighted by Crippen LogP contribution is 2.41. The number of carbonyl (C=O) groups excluding carboxylic acids is 2. The average molecular weight is 670 g/mol. The van der Waals surface area contributed by atoms with E-state index in [1.807, 2.05) is 12.1 Å². The van der Waals surface area contributed by atoms with Crippen LogP contribution in [0.4, 0.5) is 0 Å². The topological polar surface area (TPSA) is 216 Å². The minimum absolute atomic E-state index is 0.0266. The second kappa shape index (κ2) is 16.3. The molecule has 1 fully saturated rings. The summed E-state index contributed by atoms with van der Waals surface area (Å²) in [6.45, 7) is 3.84. The molecule has 4 rings (SSSR count). The Morgan fingerprint density at radius 2 is 1.55 bits per heavy atom. The molecule has 17 heteroatoms. The fourth-order valence-electron chi connectivity index (χ4n) is 4.64. The summed E-state index contributed by atoms with van der Waals surface area (Å²) in [5.74, 6) is -1.48. The van der Waals surface area contributed by atoms with Crippen molar-refractivity contribution in [3.05, 3.63) is 115 Å². The maximum Gasteiger partial charge on any atom is 0.342 e. The number of benzene rings is 2. The number of rotatable bonds is 15. The summed E-state index contributed by atoms with van der Waals surface area (Å²) >= 11 is 0. The minimum Gasteiger partial charge on any atom is -0.460 e. The van der Waals surface area contributed by atoms with Crippen LogP contribution in [0.2, 0.25) is 0 Å². The third-order valence-corrected chi connectivity index (χ3v) is 9.13. The first-order valence-electron chi connectivity index (χ1n) is 14.7. The summed E-state index contributed by atoms with van der Waals surface area (Å²) in [6.07, 6.45) is -0.588. The molecule has 47 heavy (non-hydrogen) atoms. The predicted octanol–water partition coefficient (Wildman–Crippen LogP) is 3.38. The number of carbonyl (C=O) groups is 2. The number of aromatic amines is 1. The molecule has 0 saturated carbocycles. The van der Waals surface area contributed by atoms with Crippen molar-refractivity contribution in [2.45, 2.75) is 70.9 Å². The molecular formula is C30H36N7O9P. The summed E-state index contributed by atoms with van der Waals surface area (Å²) in [5, 5.41) is 8.97. The highest BCUT2D eigenvalue weighted by atomic mass is 31.2. The van der Waals surface area contributed by atoms with Gasteiger partial charge in [-0.15, -0.1) is 0 Å². The van der Waals surface area contributed by atoms with Crippen LogP contribution in [0.1, 0.15) is 43.2 Å². The van der Waals surface area contributed by atoms with Crippen molar-refractivity contribution in [2.75, 3.05) is 6.61 Å². The number of esters is 2. The Morgan fingerprint density at radius 1 is 1.02 bits per heavy atom. The molecule has 0 bridgehead atoms. The number of ether oxygens (including phenoxy) is 3. The molecule has 2 heterocycles. The molecule has 2 aromatic carbocycles. The number of nitrogens with one attached hydrogen (secondary N) is 3. The van der Waals surface area contributed by atoms with Crippen LogP contribution in [0, 0.1) is 6.92 Å². The summed E-state index contributed by atoms with van der Waals surface area (Å²) < 4.78 is 37.8. The second-order valence-electron chi connectivity index (χ2n) is 10.9. The van der Waals surface area contributed by atoms with Crippen molar-refractivity contribution in [3.8, 4) is 0 Å². The van der Waals surface area contributed by atoms with Gasteiger partial charge in [0.2, 0.25) is 0 Å². The van der Waals surface area contributed by atoms with Gasteiger partial charge in [-0.05, 0) is 37.4 Å². The highest BCUT2D eigenvalue weighted by Gasteiger charge is 2.40. The van der Waals surface area contributed by atoms with E-state index in [-0.39, 0.29) is 25.2 Å². The number of aromatic nitrogens is 2. The Balaban J connectivity index is 1.48. The molecule has 0 amide bonds. The number of azide groups is 1. The van der Waals surface area contributed by atoms with Crippen molar-refractivity contribution in [1.82, 2.24) is 19.7 Å². The zero-order chi connectivity index (χ0) is 34.0. The first-order valence-corrected chi connectivity index (χ1v) is 16.3. The van der Waals surface area contributed by atoms with Crippen LogP contribution >= 0.6 is 7.67 Å². The standard InChI is InChI=1S/C30H36N7O9P/c1-19-15-37(30(41)32-27(19)38)26-14-24(33-36-31)25(46-26)18-45-47(42,34-20(2)28(39)43-16-22-10-6-4-7-11-22)35-21(3)29(40)44-17-23-12-8-5-9-13-23/h4-13,15,20-21,24-26H,14,16-18H2,1-3H3,(H,32,38,41)(H2,34,35,42)/t20-,21-,24?,25+,26+/m0/s1. The zero-order valence-corrected chi connectivity index (χ0v) is 26.9. The first-order chi connectivity index (χ1) is 22.5. The Labute approximate surface area is 269 Å². The number of aryl methyl sites for hydroxylation is 1. The minimum atomic E-state index is -4.28. The van der Waals surface area contributed by atoms with E-state index in [9.17, 15) is 23.7 Å². The van der Waals surface area contributed by atoms with Crippen molar-refractivity contribution in [1.29, 1.82) is 0 Å². The third kappa shape index (κ3) is 9.96. The van der Waals surface area contributed by atoms with Gasteiger partial charge < -0.3 is 18.7 Å². The summed E-state index contributed by atoms with van der Waals surface area (Å²) in [6, 6.07) is 14.7. The van der Waals surface area contributed by atoms with Crippen molar-refractivity contribution in [2.24, 2.45) is 5.11 Å². The molecule has 3 N–H and O–H groups in total. The van der Waals surface area contributed by atoms with E-state index in [2.05, 4.69) is 25.2 Å². The zero-order valence-electron chi connectivity index (χ0n) is 26.0. The normalized spacial score (nSPS) is 18.9. The largest absolute Gasteiger partial charge is 0.460 e. The summed E-state index contributed by atoms with van der Waals surface area (Å²) in [4.78, 5) is 55.0. The lowest BCUT2D eigenvalue weighted by atomic mass is 10.1. The van der Waals surface area contributed by atoms with Crippen LogP contribution in [0.15, 0.2) is 81.6 Å². The van der Waals surface area contributed by atoms with E-state index >= 15 is 0 Å². The lowest BCUT2D eigenvalue weighted by Crippen LogP contribution is -2.43. The Kier molecular flexibility index (Phi) is 12.3. The lowest BCUT2D eigenvalue weighted by Gasteiger charge is -2.27. The van der Waals surface area contributed by atoms with Crippen LogP contribution in [0.5, 0.6) is 0 Å². The van der Waals surface area contributed by atoms with E-state index in [0.29, 0.717) is 0 Å². The van der Waals surface area contributed by atoms with Gasteiger partial charge in [-0.3, -0.25) is 28.5 Å². The van der Waals surface area contributed by atoms with E-state index in [1.54, 1.807) is 48.5 Å². The molecule has 1 saturated heterocycles. The van der Waals surface area contributed by atoms with Crippen LogP contribution in [0.3, 0.4) is 0 Å². The second-order valence-corrected chi connectivity index (χ2v) is 12.7. The molecular weight excluding hydrogens is 633 g/mol. The molecule has 16 nitrogen and oxygen atoms in total. The van der Waals surface area contributed by atoms with E-state index < -0.39 is 67.9 Å². The van der Waals surface area contributed by atoms with Gasteiger partial charge in [0.05, 0.1) is 18.8 Å². The summed E-state index contributed by atoms with van der Waals surface area (Å²) in [7, 11) is -4.28. The van der Waals surface area contributed by atoms with E-state index in [4.69, 9.17) is 24.3 Å². The average Bonchev–Trinajstić information content (AvgIpc) is 3.46. The van der Waals surface area contributed by atoms with Gasteiger partial charge in [0, 0.05) is 23.1 Å². The quantitative estimate of drug-likeness (QED) is 0.0701. The molecule has 1 unspecified atom stereocenters. The van der Waals surface area contributed by atoms with Crippen LogP contribution in [-0.4, -0.2) is 52.3 Å². The smallest absolute Gasteiger partial charge is 0.342 e. The Bertz CT molecular complexity index is 1680. The Morgan fingerprint density at radius 3 is 2.06 bits per heavy atom. The number of hydrogen-bond acceptors (Lipinski definition) is 10. The van der Waals surface area contributed by atoms with Gasteiger partial charge in [-0.2, -0.15) is 0 Å². The van der Waals surface area contributed by atoms with Gasteiger partial charge >= 0.3 is 25.3 Å². The fraction of sp³-hybridized carbons (Fsp3) is 0.400. The molecule has 250 valence electrons. The molecule has 5 atom stereocenters. The van der Waals surface area contributed by atoms with Crippen LogP contribution in [0.25, 0.3) is 10.4 Å². The van der Waals surface area contributed by atoms with Crippen molar-refractivity contribution in [3.63, 3.8) is 0 Å². The highest BCUT2D eigenvalue weighted by molar-refractivity contribution is 7.54. The third-order valence-electron chi connectivity index (χ3n) is 7.16.